The van der Waals surface area contributed by atoms with Crippen LogP contribution in [0.15, 0.2) is 16.7 Å². The number of rotatable bonds is 5. The molecule has 100 valence electrons. The molecule has 0 radical (unpaired) electrons. The molecule has 2 heterocycles. The number of furan rings is 1. The van der Waals surface area contributed by atoms with E-state index >= 15 is 0 Å². The molecule has 0 aromatic carbocycles. The summed E-state index contributed by atoms with van der Waals surface area (Å²) >= 11 is 0. The second-order valence-electron chi connectivity index (χ2n) is 4.72. The summed E-state index contributed by atoms with van der Waals surface area (Å²) in [7, 11) is 0. The number of carboxylic acid groups (broad SMARTS) is 1. The van der Waals surface area contributed by atoms with Gasteiger partial charge in [0.05, 0.1) is 12.1 Å². The first-order valence-electron chi connectivity index (χ1n) is 6.45. The summed E-state index contributed by atoms with van der Waals surface area (Å²) in [5, 5.41) is 12.2. The van der Waals surface area contributed by atoms with Crippen LogP contribution in [0, 0.1) is 0 Å². The van der Waals surface area contributed by atoms with Crippen LogP contribution >= 0.6 is 0 Å². The molecule has 0 spiro atoms. The van der Waals surface area contributed by atoms with Gasteiger partial charge in [0.25, 0.3) is 0 Å². The molecule has 18 heavy (non-hydrogen) atoms. The SMILES string of the molecule is CCN1CCCC(NCc2cc(C(=O)O)co2)C1. The molecule has 1 aromatic rings. The van der Waals surface area contributed by atoms with Crippen molar-refractivity contribution >= 4 is 5.97 Å². The number of hydrogen-bond acceptors (Lipinski definition) is 4. The molecule has 1 saturated heterocycles. The Bertz CT molecular complexity index is 403. The molecule has 1 aromatic heterocycles. The van der Waals surface area contributed by atoms with Gasteiger partial charge >= 0.3 is 5.97 Å². The topological polar surface area (TPSA) is 65.7 Å². The Morgan fingerprint density at radius 3 is 3.17 bits per heavy atom. The van der Waals surface area contributed by atoms with E-state index in [2.05, 4.69) is 17.1 Å². The average molecular weight is 252 g/mol. The summed E-state index contributed by atoms with van der Waals surface area (Å²) in [6, 6.07) is 2.05. The normalized spacial score (nSPS) is 21.1. The molecule has 0 aliphatic carbocycles. The Balaban J connectivity index is 1.81. The molecule has 1 aliphatic rings. The van der Waals surface area contributed by atoms with Gasteiger partial charge in [-0.1, -0.05) is 6.92 Å². The smallest absolute Gasteiger partial charge is 0.338 e. The number of nitrogens with zero attached hydrogens (tertiary/aromatic N) is 1. The first-order valence-corrected chi connectivity index (χ1v) is 6.45. The molecular formula is C13H20N2O3. The van der Waals surface area contributed by atoms with E-state index in [1.54, 1.807) is 6.07 Å². The molecule has 0 amide bonds. The molecular weight excluding hydrogens is 232 g/mol. The van der Waals surface area contributed by atoms with Gasteiger partial charge in [-0.25, -0.2) is 4.79 Å². The second kappa shape index (κ2) is 6.02. The van der Waals surface area contributed by atoms with E-state index in [1.165, 1.54) is 25.6 Å². The first kappa shape index (κ1) is 13.1. The molecule has 1 aliphatic heterocycles. The number of likely N-dealkylation sites (N-methyl/N-ethyl adjacent to an activating group) is 1. The van der Waals surface area contributed by atoms with Crippen molar-refractivity contribution in [1.29, 1.82) is 0 Å². The van der Waals surface area contributed by atoms with E-state index < -0.39 is 5.97 Å². The third-order valence-corrected chi connectivity index (χ3v) is 3.42. The van der Waals surface area contributed by atoms with Gasteiger partial charge in [0.1, 0.15) is 12.0 Å². The molecule has 1 unspecified atom stereocenters. The molecule has 5 heteroatoms. The largest absolute Gasteiger partial charge is 0.478 e. The lowest BCUT2D eigenvalue weighted by Gasteiger charge is -2.32. The monoisotopic (exact) mass is 252 g/mol. The molecule has 2 rings (SSSR count). The van der Waals surface area contributed by atoms with Crippen molar-refractivity contribution in [2.24, 2.45) is 0 Å². The summed E-state index contributed by atoms with van der Waals surface area (Å²) in [5.41, 5.74) is 0.214. The number of carboxylic acids is 1. The van der Waals surface area contributed by atoms with Crippen LogP contribution in [0.5, 0.6) is 0 Å². The Morgan fingerprint density at radius 2 is 2.50 bits per heavy atom. The number of aromatic carboxylic acids is 1. The van der Waals surface area contributed by atoms with Crippen LogP contribution in [0.3, 0.4) is 0 Å². The summed E-state index contributed by atoms with van der Waals surface area (Å²) < 4.78 is 5.21. The van der Waals surface area contributed by atoms with Gasteiger partial charge in [-0.3, -0.25) is 0 Å². The Hall–Kier alpha value is -1.33. The van der Waals surface area contributed by atoms with Crippen molar-refractivity contribution in [3.8, 4) is 0 Å². The van der Waals surface area contributed by atoms with Gasteiger partial charge in [-0.2, -0.15) is 0 Å². The Kier molecular flexibility index (Phi) is 4.38. The van der Waals surface area contributed by atoms with E-state index in [1.807, 2.05) is 0 Å². The first-order chi connectivity index (χ1) is 8.69. The van der Waals surface area contributed by atoms with Crippen LogP contribution < -0.4 is 5.32 Å². The zero-order chi connectivity index (χ0) is 13.0. The quantitative estimate of drug-likeness (QED) is 0.832. The van der Waals surface area contributed by atoms with E-state index in [0.717, 1.165) is 13.1 Å². The highest BCUT2D eigenvalue weighted by molar-refractivity contribution is 5.87. The van der Waals surface area contributed by atoms with E-state index in [4.69, 9.17) is 9.52 Å². The Labute approximate surface area is 107 Å². The van der Waals surface area contributed by atoms with Crippen molar-refractivity contribution in [2.45, 2.75) is 32.4 Å². The maximum absolute atomic E-state index is 10.7. The summed E-state index contributed by atoms with van der Waals surface area (Å²) in [6.07, 6.45) is 3.67. The maximum Gasteiger partial charge on any atom is 0.338 e. The molecule has 5 nitrogen and oxygen atoms in total. The molecule has 2 N–H and O–H groups in total. The number of piperidine rings is 1. The van der Waals surface area contributed by atoms with E-state index in [9.17, 15) is 4.79 Å². The van der Waals surface area contributed by atoms with Crippen LogP contribution in [0.2, 0.25) is 0 Å². The lowest BCUT2D eigenvalue weighted by Crippen LogP contribution is -2.45. The lowest BCUT2D eigenvalue weighted by atomic mass is 10.1. The van der Waals surface area contributed by atoms with Gasteiger partial charge in [-0.15, -0.1) is 0 Å². The molecule has 0 saturated carbocycles. The van der Waals surface area contributed by atoms with Gasteiger partial charge in [0.15, 0.2) is 0 Å². The van der Waals surface area contributed by atoms with Crippen LogP contribution in [0.4, 0.5) is 0 Å². The predicted octanol–water partition coefficient (Wildman–Crippen LogP) is 1.55. The van der Waals surface area contributed by atoms with E-state index in [0.29, 0.717) is 18.3 Å². The average Bonchev–Trinajstić information content (AvgIpc) is 2.85. The van der Waals surface area contributed by atoms with Crippen LogP contribution in [-0.4, -0.2) is 41.7 Å². The zero-order valence-electron chi connectivity index (χ0n) is 10.7. The number of hydrogen-bond donors (Lipinski definition) is 2. The van der Waals surface area contributed by atoms with Gasteiger partial charge in [0, 0.05) is 12.6 Å². The highest BCUT2D eigenvalue weighted by atomic mass is 16.4. The molecule has 1 fully saturated rings. The fourth-order valence-electron chi connectivity index (χ4n) is 2.34. The molecule has 1 atom stereocenters. The van der Waals surface area contributed by atoms with Crippen LogP contribution in [0.25, 0.3) is 0 Å². The molecule has 0 bridgehead atoms. The summed E-state index contributed by atoms with van der Waals surface area (Å²) in [6.45, 7) is 6.09. The predicted molar refractivity (Wildman–Crippen MR) is 67.6 cm³/mol. The minimum atomic E-state index is -0.945. The van der Waals surface area contributed by atoms with Gasteiger partial charge < -0.3 is 19.7 Å². The standard InChI is InChI=1S/C13H20N2O3/c1-2-15-5-3-4-11(8-15)14-7-12-6-10(9-18-12)13(16)17/h6,9,11,14H,2-5,7-8H2,1H3,(H,16,17). The fourth-order valence-corrected chi connectivity index (χ4v) is 2.34. The zero-order valence-corrected chi connectivity index (χ0v) is 10.7. The minimum absolute atomic E-state index is 0.214. The Morgan fingerprint density at radius 1 is 1.67 bits per heavy atom. The summed E-state index contributed by atoms with van der Waals surface area (Å²) in [4.78, 5) is 13.1. The van der Waals surface area contributed by atoms with Crippen molar-refractivity contribution in [3.05, 3.63) is 23.7 Å². The third-order valence-electron chi connectivity index (χ3n) is 3.42. The van der Waals surface area contributed by atoms with Crippen LogP contribution in [0.1, 0.15) is 35.9 Å². The van der Waals surface area contributed by atoms with Crippen molar-refractivity contribution in [1.82, 2.24) is 10.2 Å². The lowest BCUT2D eigenvalue weighted by molar-refractivity contribution is 0.0696. The number of nitrogens with one attached hydrogen (secondary N) is 1. The van der Waals surface area contributed by atoms with Crippen molar-refractivity contribution in [3.63, 3.8) is 0 Å². The summed E-state index contributed by atoms with van der Waals surface area (Å²) in [5.74, 6) is -0.263. The van der Waals surface area contributed by atoms with Crippen molar-refractivity contribution < 1.29 is 14.3 Å². The maximum atomic E-state index is 10.7. The highest BCUT2D eigenvalue weighted by Crippen LogP contribution is 2.12. The van der Waals surface area contributed by atoms with Gasteiger partial charge in [-0.05, 0) is 32.0 Å². The highest BCUT2D eigenvalue weighted by Gasteiger charge is 2.18. The van der Waals surface area contributed by atoms with Gasteiger partial charge in [0.2, 0.25) is 0 Å². The third kappa shape index (κ3) is 3.34. The number of likely N-dealkylation sites (tertiary alicyclic amines) is 1. The number of carbonyl (C=O) groups is 1. The second-order valence-corrected chi connectivity index (χ2v) is 4.72. The minimum Gasteiger partial charge on any atom is -0.478 e. The van der Waals surface area contributed by atoms with Crippen LogP contribution in [-0.2, 0) is 6.54 Å². The fraction of sp³-hybridized carbons (Fsp3) is 0.615. The van der Waals surface area contributed by atoms with Crippen molar-refractivity contribution in [2.75, 3.05) is 19.6 Å². The van der Waals surface area contributed by atoms with E-state index in [-0.39, 0.29) is 5.56 Å².